The third kappa shape index (κ3) is 4.64. The average molecular weight is 689 g/mol. The molecule has 3 saturated heterocycles. The zero-order chi connectivity index (χ0) is 36.1. The molecule has 1 spiro atoms. The SMILES string of the molecule is COC(=O)C[C@H]1C(C)(C)[C@H](OC(=O)CC(C)C)[C@]2(O)[C@@H](OC(=O)CC(C)C)[C@@]34O[C@]2(O)[C@@]1(C)[C@@H]3CC[C@@]1(C)[C@@H](c2ccoc2)OC(=O)C[C@@H]14. The Balaban J connectivity index is 1.62. The maximum Gasteiger partial charge on any atom is 0.306 e. The summed E-state index contributed by atoms with van der Waals surface area (Å²) in [4.78, 5) is 54.0. The number of carbonyl (C=O) groups excluding carboxylic acids is 4. The van der Waals surface area contributed by atoms with Crippen molar-refractivity contribution in [2.45, 2.75) is 129 Å². The number of hydrogen-bond donors (Lipinski definition) is 2. The molecule has 11 atom stereocenters. The maximum absolute atomic E-state index is 13.7. The van der Waals surface area contributed by atoms with E-state index in [1.54, 1.807) is 26.8 Å². The Labute approximate surface area is 287 Å². The van der Waals surface area contributed by atoms with E-state index in [4.69, 9.17) is 28.1 Å². The maximum atomic E-state index is 13.7. The van der Waals surface area contributed by atoms with Crippen molar-refractivity contribution in [3.8, 4) is 0 Å². The quantitative estimate of drug-likeness (QED) is 0.273. The van der Waals surface area contributed by atoms with Crippen LogP contribution in [-0.4, -0.2) is 70.4 Å². The van der Waals surface area contributed by atoms with Crippen LogP contribution in [-0.2, 0) is 42.9 Å². The van der Waals surface area contributed by atoms with Gasteiger partial charge in [-0.1, -0.05) is 55.4 Å². The number of aliphatic hydroxyl groups is 2. The van der Waals surface area contributed by atoms with Crippen molar-refractivity contribution in [2.24, 2.45) is 45.8 Å². The largest absolute Gasteiger partial charge is 0.472 e. The van der Waals surface area contributed by atoms with Crippen LogP contribution in [0.4, 0.5) is 0 Å². The summed E-state index contributed by atoms with van der Waals surface area (Å²) in [5.74, 6) is -7.08. The minimum atomic E-state index is -2.50. The molecule has 0 radical (unpaired) electrons. The Hall–Kier alpha value is -2.96. The molecule has 5 aliphatic rings. The minimum absolute atomic E-state index is 0.0107. The molecule has 12 heteroatoms. The van der Waals surface area contributed by atoms with Crippen LogP contribution in [0.1, 0.15) is 106 Å². The standard InChI is InChI=1S/C37H52O12/c1-19(2)14-26(39)47-30-32(5,6)23(16-25(38)44-9)34(8)22-10-12-33(7)24(17-28(41)46-29(33)21-11-13-45-18-21)35(22)31(48-27(40)15-20(3)4)36(30,42)37(34,43)49-35/h11,13,18-20,22-24,29-31,42-43H,10,12,14-17H2,1-9H3/t22-,23-,24-,29+,30-,31-,33+,34-,35+,36-,37+/m0/s1. The summed E-state index contributed by atoms with van der Waals surface area (Å²) in [6.45, 7) is 14.8. The molecule has 6 rings (SSSR count). The molecule has 0 amide bonds. The molecule has 5 fully saturated rings. The molecule has 2 aliphatic carbocycles. The molecule has 12 nitrogen and oxygen atoms in total. The zero-order valence-electron chi connectivity index (χ0n) is 30.1. The number of furan rings is 1. The molecule has 272 valence electrons. The van der Waals surface area contributed by atoms with Crippen LogP contribution in [0.2, 0.25) is 0 Å². The monoisotopic (exact) mass is 688 g/mol. The van der Waals surface area contributed by atoms with Gasteiger partial charge in [-0.3, -0.25) is 19.2 Å². The first-order valence-electron chi connectivity index (χ1n) is 17.6. The molecule has 0 unspecified atom stereocenters. The number of rotatable bonds is 9. The molecule has 4 heterocycles. The van der Waals surface area contributed by atoms with Crippen LogP contribution in [0.15, 0.2) is 23.0 Å². The third-order valence-corrected chi connectivity index (χ3v) is 13.0. The van der Waals surface area contributed by atoms with Crippen molar-refractivity contribution in [1.82, 2.24) is 0 Å². The van der Waals surface area contributed by atoms with E-state index in [2.05, 4.69) is 0 Å². The smallest absolute Gasteiger partial charge is 0.306 e. The lowest BCUT2D eigenvalue weighted by atomic mass is 9.35. The van der Waals surface area contributed by atoms with Crippen molar-refractivity contribution < 1.29 is 57.5 Å². The van der Waals surface area contributed by atoms with Crippen molar-refractivity contribution in [3.63, 3.8) is 0 Å². The first-order valence-corrected chi connectivity index (χ1v) is 17.6. The highest BCUT2D eigenvalue weighted by Crippen LogP contribution is 2.82. The normalized spacial score (nSPS) is 43.1. The predicted molar refractivity (Wildman–Crippen MR) is 171 cm³/mol. The predicted octanol–water partition coefficient (Wildman–Crippen LogP) is 4.64. The zero-order valence-corrected chi connectivity index (χ0v) is 30.1. The fourth-order valence-electron chi connectivity index (χ4n) is 11.1. The van der Waals surface area contributed by atoms with Gasteiger partial charge in [0.05, 0.1) is 26.1 Å². The van der Waals surface area contributed by atoms with Crippen LogP contribution >= 0.6 is 0 Å². The molecule has 1 aromatic heterocycles. The topological polar surface area (TPSA) is 168 Å². The van der Waals surface area contributed by atoms with Crippen LogP contribution in [0.5, 0.6) is 0 Å². The van der Waals surface area contributed by atoms with Crippen molar-refractivity contribution >= 4 is 23.9 Å². The number of methoxy groups -OCH3 is 1. The van der Waals surface area contributed by atoms with Gasteiger partial charge < -0.3 is 38.3 Å². The summed E-state index contributed by atoms with van der Waals surface area (Å²) in [5.41, 5.74) is -6.87. The van der Waals surface area contributed by atoms with Crippen LogP contribution in [0.25, 0.3) is 0 Å². The Morgan fingerprint density at radius 2 is 1.55 bits per heavy atom. The Morgan fingerprint density at radius 3 is 2.10 bits per heavy atom. The Bertz CT molecular complexity index is 1500. The third-order valence-electron chi connectivity index (χ3n) is 13.0. The molecule has 0 aromatic carbocycles. The number of hydrogen-bond acceptors (Lipinski definition) is 12. The summed E-state index contributed by atoms with van der Waals surface area (Å²) >= 11 is 0. The van der Waals surface area contributed by atoms with Gasteiger partial charge in [-0.15, -0.1) is 0 Å². The molecule has 2 saturated carbocycles. The van der Waals surface area contributed by atoms with Gasteiger partial charge in [0.15, 0.2) is 11.7 Å². The van der Waals surface area contributed by atoms with Crippen LogP contribution in [0, 0.1) is 45.8 Å². The number of carbonyl (C=O) groups is 4. The van der Waals surface area contributed by atoms with E-state index in [0.29, 0.717) is 18.4 Å². The van der Waals surface area contributed by atoms with Gasteiger partial charge in [-0.2, -0.15) is 0 Å². The van der Waals surface area contributed by atoms with E-state index in [-0.39, 0.29) is 37.5 Å². The highest BCUT2D eigenvalue weighted by atomic mass is 16.7. The Morgan fingerprint density at radius 1 is 0.939 bits per heavy atom. The highest BCUT2D eigenvalue weighted by Gasteiger charge is 2.96. The fraction of sp³-hybridized carbons (Fsp3) is 0.784. The first kappa shape index (κ1) is 35.9. The van der Waals surface area contributed by atoms with Gasteiger partial charge in [-0.05, 0) is 36.7 Å². The van der Waals surface area contributed by atoms with Crippen LogP contribution < -0.4 is 0 Å². The number of ether oxygens (including phenoxy) is 5. The summed E-state index contributed by atoms with van der Waals surface area (Å²) < 4.78 is 36.1. The molecular weight excluding hydrogens is 636 g/mol. The average Bonchev–Trinajstić information content (AvgIpc) is 3.65. The number of cyclic esters (lactones) is 1. The van der Waals surface area contributed by atoms with E-state index in [0.717, 1.165) is 0 Å². The van der Waals surface area contributed by atoms with Gasteiger partial charge in [0.2, 0.25) is 5.79 Å². The lowest BCUT2D eigenvalue weighted by Gasteiger charge is -2.70. The summed E-state index contributed by atoms with van der Waals surface area (Å²) in [6.07, 6.45) is -0.141. The summed E-state index contributed by atoms with van der Waals surface area (Å²) in [6, 6.07) is 1.73. The second kappa shape index (κ2) is 11.5. The number of esters is 4. The van der Waals surface area contributed by atoms with Gasteiger partial charge in [0.25, 0.3) is 0 Å². The van der Waals surface area contributed by atoms with Gasteiger partial charge in [0, 0.05) is 52.9 Å². The van der Waals surface area contributed by atoms with Crippen molar-refractivity contribution in [3.05, 3.63) is 24.2 Å². The van der Waals surface area contributed by atoms with E-state index >= 15 is 0 Å². The molecule has 1 aromatic rings. The van der Waals surface area contributed by atoms with E-state index < -0.39 is 93.2 Å². The van der Waals surface area contributed by atoms with Gasteiger partial charge in [0.1, 0.15) is 17.8 Å². The molecule has 3 aliphatic heterocycles. The molecule has 2 bridgehead atoms. The minimum Gasteiger partial charge on any atom is -0.472 e. The molecule has 2 N–H and O–H groups in total. The van der Waals surface area contributed by atoms with E-state index in [1.165, 1.54) is 19.6 Å². The second-order valence-electron chi connectivity index (χ2n) is 17.1. The Kier molecular flexibility index (Phi) is 8.44. The second-order valence-corrected chi connectivity index (χ2v) is 17.1. The van der Waals surface area contributed by atoms with E-state index in [9.17, 15) is 29.4 Å². The number of fused-ring (bicyclic) bond motifs is 2. The van der Waals surface area contributed by atoms with E-state index in [1.807, 2.05) is 34.6 Å². The highest BCUT2D eigenvalue weighted by molar-refractivity contribution is 5.74. The fourth-order valence-corrected chi connectivity index (χ4v) is 11.1. The van der Waals surface area contributed by atoms with Gasteiger partial charge >= 0.3 is 23.9 Å². The lowest BCUT2D eigenvalue weighted by Crippen LogP contribution is -2.85. The van der Waals surface area contributed by atoms with Crippen molar-refractivity contribution in [2.75, 3.05) is 7.11 Å². The molecular formula is C37H52O12. The van der Waals surface area contributed by atoms with Crippen molar-refractivity contribution in [1.29, 1.82) is 0 Å². The molecule has 49 heavy (non-hydrogen) atoms. The summed E-state index contributed by atoms with van der Waals surface area (Å²) in [7, 11) is 1.28. The van der Waals surface area contributed by atoms with Crippen LogP contribution in [0.3, 0.4) is 0 Å². The van der Waals surface area contributed by atoms with Gasteiger partial charge in [-0.25, -0.2) is 0 Å². The summed E-state index contributed by atoms with van der Waals surface area (Å²) in [5, 5.41) is 26.6. The lowest BCUT2D eigenvalue weighted by molar-refractivity contribution is -0.385. The first-order chi connectivity index (χ1) is 22.7.